The van der Waals surface area contributed by atoms with Crippen LogP contribution in [-0.4, -0.2) is 44.2 Å². The highest BCUT2D eigenvalue weighted by molar-refractivity contribution is 7.91. The van der Waals surface area contributed by atoms with Gasteiger partial charge in [-0.25, -0.2) is 8.42 Å². The summed E-state index contributed by atoms with van der Waals surface area (Å²) in [6.07, 6.45) is 1.72. The summed E-state index contributed by atoms with van der Waals surface area (Å²) in [6.45, 7) is 4.14. The van der Waals surface area contributed by atoms with Gasteiger partial charge in [-0.15, -0.1) is 0 Å². The maximum atomic E-state index is 11.2. The van der Waals surface area contributed by atoms with Crippen LogP contribution in [0, 0.1) is 0 Å². The van der Waals surface area contributed by atoms with Gasteiger partial charge in [-0.1, -0.05) is 6.92 Å². The number of hydrogen-bond acceptors (Lipinski definition) is 4. The van der Waals surface area contributed by atoms with Gasteiger partial charge in [0.05, 0.1) is 11.4 Å². The van der Waals surface area contributed by atoms with Gasteiger partial charge in [0.1, 0.15) is 9.84 Å². The van der Waals surface area contributed by atoms with Crippen molar-refractivity contribution in [2.45, 2.75) is 38.7 Å². The average Bonchev–Trinajstić information content (AvgIpc) is 2.14. The normalized spacial score (nSPS) is 16.3. The maximum Gasteiger partial charge on any atom is 0.150 e. The van der Waals surface area contributed by atoms with Crippen molar-refractivity contribution in [3.8, 4) is 0 Å². The van der Waals surface area contributed by atoms with Crippen LogP contribution in [0.15, 0.2) is 0 Å². The Labute approximate surface area is 93.0 Å². The van der Waals surface area contributed by atoms with Crippen LogP contribution in [0.1, 0.15) is 33.1 Å². The molecule has 0 aromatic carbocycles. The van der Waals surface area contributed by atoms with Crippen LogP contribution in [0.2, 0.25) is 0 Å². The van der Waals surface area contributed by atoms with Gasteiger partial charge in [-0.3, -0.25) is 0 Å². The van der Waals surface area contributed by atoms with Gasteiger partial charge < -0.3 is 10.4 Å². The molecular weight excluding hydrogens is 214 g/mol. The number of rotatable bonds is 8. The summed E-state index contributed by atoms with van der Waals surface area (Å²) in [5, 5.41) is 12.8. The molecule has 0 fully saturated rings. The Morgan fingerprint density at radius 2 is 1.93 bits per heavy atom. The first-order valence-corrected chi connectivity index (χ1v) is 7.22. The SMILES string of the molecule is CCS(=O)(=O)CCCC(C)(O)CCNC. The minimum atomic E-state index is -2.89. The molecule has 0 saturated heterocycles. The van der Waals surface area contributed by atoms with E-state index >= 15 is 0 Å². The Morgan fingerprint density at radius 3 is 2.40 bits per heavy atom. The molecule has 0 aliphatic heterocycles. The average molecular weight is 237 g/mol. The predicted octanol–water partition coefficient (Wildman–Crippen LogP) is 0.562. The molecule has 1 atom stereocenters. The minimum absolute atomic E-state index is 0.180. The van der Waals surface area contributed by atoms with E-state index in [1.165, 1.54) is 0 Å². The quantitative estimate of drug-likeness (QED) is 0.647. The third-order valence-electron chi connectivity index (χ3n) is 2.52. The fraction of sp³-hybridized carbons (Fsp3) is 1.00. The largest absolute Gasteiger partial charge is 0.390 e. The van der Waals surface area contributed by atoms with Crippen LogP contribution < -0.4 is 5.32 Å². The third kappa shape index (κ3) is 7.76. The molecule has 0 aromatic heterocycles. The molecule has 0 spiro atoms. The lowest BCUT2D eigenvalue weighted by molar-refractivity contribution is 0.0423. The molecule has 0 amide bonds. The lowest BCUT2D eigenvalue weighted by Gasteiger charge is -2.22. The first-order valence-electron chi connectivity index (χ1n) is 5.40. The third-order valence-corrected chi connectivity index (χ3v) is 4.31. The Kier molecular flexibility index (Phi) is 6.40. The molecule has 4 nitrogen and oxygen atoms in total. The summed E-state index contributed by atoms with van der Waals surface area (Å²) >= 11 is 0. The van der Waals surface area contributed by atoms with Crippen LogP contribution in [0.4, 0.5) is 0 Å². The van der Waals surface area contributed by atoms with Crippen molar-refractivity contribution in [3.63, 3.8) is 0 Å². The summed E-state index contributed by atoms with van der Waals surface area (Å²) in [7, 11) is -1.06. The Balaban J connectivity index is 3.84. The molecule has 0 radical (unpaired) electrons. The molecule has 0 saturated carbocycles. The van der Waals surface area contributed by atoms with Crippen LogP contribution in [0.3, 0.4) is 0 Å². The van der Waals surface area contributed by atoms with Crippen molar-refractivity contribution in [1.82, 2.24) is 5.32 Å². The van der Waals surface area contributed by atoms with Crippen molar-refractivity contribution in [2.75, 3.05) is 25.1 Å². The van der Waals surface area contributed by atoms with E-state index in [2.05, 4.69) is 5.32 Å². The summed E-state index contributed by atoms with van der Waals surface area (Å²) in [4.78, 5) is 0. The lowest BCUT2D eigenvalue weighted by atomic mass is 9.97. The number of nitrogens with one attached hydrogen (secondary N) is 1. The smallest absolute Gasteiger partial charge is 0.150 e. The number of hydrogen-bond donors (Lipinski definition) is 2. The van der Waals surface area contributed by atoms with E-state index in [0.717, 1.165) is 6.54 Å². The minimum Gasteiger partial charge on any atom is -0.390 e. The topological polar surface area (TPSA) is 66.4 Å². The first kappa shape index (κ1) is 14.9. The highest BCUT2D eigenvalue weighted by Gasteiger charge is 2.20. The highest BCUT2D eigenvalue weighted by atomic mass is 32.2. The van der Waals surface area contributed by atoms with Gasteiger partial charge in [0.15, 0.2) is 0 Å². The van der Waals surface area contributed by atoms with Crippen molar-refractivity contribution >= 4 is 9.84 Å². The molecule has 15 heavy (non-hydrogen) atoms. The van der Waals surface area contributed by atoms with E-state index in [1.807, 2.05) is 7.05 Å². The summed E-state index contributed by atoms with van der Waals surface area (Å²) in [5.41, 5.74) is -0.758. The van der Waals surface area contributed by atoms with Gasteiger partial charge in [-0.05, 0) is 39.8 Å². The Hall–Kier alpha value is -0.130. The molecule has 5 heteroatoms. The fourth-order valence-electron chi connectivity index (χ4n) is 1.34. The lowest BCUT2D eigenvalue weighted by Crippen LogP contribution is -2.29. The second-order valence-corrected chi connectivity index (χ2v) is 6.66. The summed E-state index contributed by atoms with van der Waals surface area (Å²) in [5.74, 6) is 0.366. The fourth-order valence-corrected chi connectivity index (χ4v) is 2.21. The van der Waals surface area contributed by atoms with Gasteiger partial charge in [0, 0.05) is 5.75 Å². The molecule has 1 unspecified atom stereocenters. The van der Waals surface area contributed by atoms with Gasteiger partial charge in [-0.2, -0.15) is 0 Å². The maximum absolute atomic E-state index is 11.2. The molecular formula is C10H23NO3S. The summed E-state index contributed by atoms with van der Waals surface area (Å²) < 4.78 is 22.4. The zero-order valence-electron chi connectivity index (χ0n) is 9.91. The van der Waals surface area contributed by atoms with Gasteiger partial charge >= 0.3 is 0 Å². The van der Waals surface area contributed by atoms with Crippen molar-refractivity contribution in [3.05, 3.63) is 0 Å². The summed E-state index contributed by atoms with van der Waals surface area (Å²) in [6, 6.07) is 0. The molecule has 0 aliphatic carbocycles. The second-order valence-electron chi connectivity index (χ2n) is 4.19. The molecule has 2 N–H and O–H groups in total. The van der Waals surface area contributed by atoms with E-state index in [0.29, 0.717) is 19.3 Å². The van der Waals surface area contributed by atoms with Crippen molar-refractivity contribution in [1.29, 1.82) is 0 Å². The molecule has 0 aromatic rings. The monoisotopic (exact) mass is 237 g/mol. The van der Waals surface area contributed by atoms with E-state index in [9.17, 15) is 13.5 Å². The zero-order chi connectivity index (χ0) is 11.9. The molecule has 0 rings (SSSR count). The van der Waals surface area contributed by atoms with Gasteiger partial charge in [0.2, 0.25) is 0 Å². The molecule has 92 valence electrons. The van der Waals surface area contributed by atoms with Crippen molar-refractivity contribution in [2.24, 2.45) is 0 Å². The van der Waals surface area contributed by atoms with Crippen LogP contribution in [0.25, 0.3) is 0 Å². The first-order chi connectivity index (χ1) is 6.83. The number of aliphatic hydroxyl groups is 1. The van der Waals surface area contributed by atoms with E-state index in [1.54, 1.807) is 13.8 Å². The van der Waals surface area contributed by atoms with Crippen molar-refractivity contribution < 1.29 is 13.5 Å². The molecule has 0 aliphatic rings. The Morgan fingerprint density at radius 1 is 1.33 bits per heavy atom. The van der Waals surface area contributed by atoms with E-state index < -0.39 is 15.4 Å². The Bertz CT molecular complexity index is 260. The highest BCUT2D eigenvalue weighted by Crippen LogP contribution is 2.16. The zero-order valence-corrected chi connectivity index (χ0v) is 10.7. The van der Waals surface area contributed by atoms with E-state index in [-0.39, 0.29) is 11.5 Å². The second kappa shape index (κ2) is 6.45. The predicted molar refractivity (Wildman–Crippen MR) is 62.7 cm³/mol. The van der Waals surface area contributed by atoms with Gasteiger partial charge in [0.25, 0.3) is 0 Å². The molecule has 0 bridgehead atoms. The number of sulfone groups is 1. The van der Waals surface area contributed by atoms with Crippen LogP contribution in [-0.2, 0) is 9.84 Å². The van der Waals surface area contributed by atoms with Crippen LogP contribution >= 0.6 is 0 Å². The standard InChI is InChI=1S/C10H23NO3S/c1-4-15(13,14)9-5-6-10(2,12)7-8-11-3/h11-12H,4-9H2,1-3H3. The molecule has 0 heterocycles. The van der Waals surface area contributed by atoms with E-state index in [4.69, 9.17) is 0 Å². The van der Waals surface area contributed by atoms with Crippen LogP contribution in [0.5, 0.6) is 0 Å².